The molecule has 2 aromatic rings. The minimum absolute atomic E-state index is 0.488. The van der Waals surface area contributed by atoms with E-state index in [2.05, 4.69) is 11.2 Å². The van der Waals surface area contributed by atoms with E-state index in [1.807, 2.05) is 40.0 Å². The van der Waals surface area contributed by atoms with Crippen LogP contribution in [0.25, 0.3) is 0 Å². The molecule has 1 atom stereocenters. The number of aromatic nitrogens is 2. The summed E-state index contributed by atoms with van der Waals surface area (Å²) in [6.07, 6.45) is -0.0690. The summed E-state index contributed by atoms with van der Waals surface area (Å²) in [5.41, 5.74) is 5.02. The summed E-state index contributed by atoms with van der Waals surface area (Å²) in [5, 5.41) is 15.2. The highest BCUT2D eigenvalue weighted by molar-refractivity contribution is 6.30. The van der Waals surface area contributed by atoms with E-state index in [0.29, 0.717) is 11.6 Å². The van der Waals surface area contributed by atoms with E-state index < -0.39 is 6.10 Å². The lowest BCUT2D eigenvalue weighted by Crippen LogP contribution is -2.03. The second-order valence-electron chi connectivity index (χ2n) is 5.12. The molecule has 0 fully saturated rings. The molecular formula is C15H19ClN2O. The summed E-state index contributed by atoms with van der Waals surface area (Å²) in [6, 6.07) is 6.12. The molecule has 0 radical (unpaired) electrons. The van der Waals surface area contributed by atoms with Crippen LogP contribution in [0.15, 0.2) is 18.2 Å². The van der Waals surface area contributed by atoms with E-state index in [4.69, 9.17) is 11.6 Å². The predicted octanol–water partition coefficient (Wildman–Crippen LogP) is 3.27. The van der Waals surface area contributed by atoms with Gasteiger partial charge in [0.15, 0.2) is 0 Å². The van der Waals surface area contributed by atoms with E-state index in [-0.39, 0.29) is 0 Å². The van der Waals surface area contributed by atoms with Gasteiger partial charge < -0.3 is 5.11 Å². The molecule has 0 aliphatic rings. The van der Waals surface area contributed by atoms with Crippen LogP contribution in [0.4, 0.5) is 0 Å². The molecule has 0 spiro atoms. The summed E-state index contributed by atoms with van der Waals surface area (Å²) in [6.45, 7) is 5.98. The van der Waals surface area contributed by atoms with Crippen LogP contribution in [0.1, 0.15) is 34.1 Å². The van der Waals surface area contributed by atoms with Gasteiger partial charge in [-0.1, -0.05) is 40.9 Å². The van der Waals surface area contributed by atoms with Crippen molar-refractivity contribution in [2.45, 2.75) is 33.3 Å². The number of nitrogens with zero attached hydrogens (tertiary/aromatic N) is 2. The first-order valence-electron chi connectivity index (χ1n) is 6.32. The molecule has 102 valence electrons. The van der Waals surface area contributed by atoms with Crippen LogP contribution in [0.5, 0.6) is 0 Å². The molecule has 0 saturated heterocycles. The zero-order valence-electron chi connectivity index (χ0n) is 11.7. The van der Waals surface area contributed by atoms with E-state index in [0.717, 1.165) is 27.9 Å². The minimum atomic E-state index is -0.556. The Morgan fingerprint density at radius 3 is 2.26 bits per heavy atom. The van der Waals surface area contributed by atoms with E-state index in [1.54, 1.807) is 4.68 Å². The number of benzene rings is 1. The fourth-order valence-corrected chi connectivity index (χ4v) is 2.67. The van der Waals surface area contributed by atoms with Gasteiger partial charge in [-0.3, -0.25) is 4.68 Å². The van der Waals surface area contributed by atoms with Gasteiger partial charge in [-0.25, -0.2) is 0 Å². The zero-order chi connectivity index (χ0) is 14.2. The summed E-state index contributed by atoms with van der Waals surface area (Å²) < 4.78 is 1.64. The Morgan fingerprint density at radius 2 is 1.79 bits per heavy atom. The van der Waals surface area contributed by atoms with Crippen molar-refractivity contribution in [2.24, 2.45) is 7.05 Å². The summed E-state index contributed by atoms with van der Waals surface area (Å²) in [4.78, 5) is 0. The van der Waals surface area contributed by atoms with Gasteiger partial charge >= 0.3 is 0 Å². The molecule has 0 aliphatic heterocycles. The lowest BCUT2D eigenvalue weighted by atomic mass is 9.98. The Balaban J connectivity index is 2.27. The topological polar surface area (TPSA) is 38.1 Å². The highest BCUT2D eigenvalue weighted by Gasteiger charge is 2.17. The van der Waals surface area contributed by atoms with Gasteiger partial charge in [0.1, 0.15) is 5.15 Å². The maximum atomic E-state index is 10.4. The standard InChI is InChI=1S/C15H19ClN2O/c1-9-5-10(2)7-12(6-9)14(19)8-13-11(3)17-18(4)15(13)16/h5-7,14,19H,8H2,1-4H3. The van der Waals surface area contributed by atoms with Crippen LogP contribution >= 0.6 is 11.6 Å². The Morgan fingerprint density at radius 1 is 1.21 bits per heavy atom. The Hall–Kier alpha value is -1.32. The molecule has 0 bridgehead atoms. The highest BCUT2D eigenvalue weighted by Crippen LogP contribution is 2.26. The molecule has 0 amide bonds. The summed E-state index contributed by atoms with van der Waals surface area (Å²) in [7, 11) is 1.81. The van der Waals surface area contributed by atoms with Gasteiger partial charge in [-0.05, 0) is 26.3 Å². The first kappa shape index (κ1) is 14.1. The lowest BCUT2D eigenvalue weighted by molar-refractivity contribution is 0.178. The van der Waals surface area contributed by atoms with Crippen molar-refractivity contribution in [1.82, 2.24) is 9.78 Å². The van der Waals surface area contributed by atoms with Gasteiger partial charge in [0.2, 0.25) is 0 Å². The van der Waals surface area contributed by atoms with Crippen molar-refractivity contribution in [3.05, 3.63) is 51.3 Å². The zero-order valence-corrected chi connectivity index (χ0v) is 12.5. The van der Waals surface area contributed by atoms with Gasteiger partial charge in [0.25, 0.3) is 0 Å². The fourth-order valence-electron chi connectivity index (χ4n) is 2.42. The van der Waals surface area contributed by atoms with Crippen LogP contribution in [0, 0.1) is 20.8 Å². The predicted molar refractivity (Wildman–Crippen MR) is 77.5 cm³/mol. The number of aliphatic hydroxyl groups excluding tert-OH is 1. The lowest BCUT2D eigenvalue weighted by Gasteiger charge is -2.13. The van der Waals surface area contributed by atoms with Crippen LogP contribution in [0.2, 0.25) is 5.15 Å². The largest absolute Gasteiger partial charge is 0.388 e. The van der Waals surface area contributed by atoms with Crippen molar-refractivity contribution in [3.8, 4) is 0 Å². The van der Waals surface area contributed by atoms with Gasteiger partial charge in [-0.15, -0.1) is 0 Å². The first-order chi connectivity index (χ1) is 8.88. The third-order valence-electron chi connectivity index (χ3n) is 3.30. The smallest absolute Gasteiger partial charge is 0.130 e. The SMILES string of the molecule is Cc1cc(C)cc(C(O)Cc2c(C)nn(C)c2Cl)c1. The second-order valence-corrected chi connectivity index (χ2v) is 5.48. The number of rotatable bonds is 3. The fraction of sp³-hybridized carbons (Fsp3) is 0.400. The van der Waals surface area contributed by atoms with Crippen molar-refractivity contribution in [2.75, 3.05) is 0 Å². The maximum absolute atomic E-state index is 10.4. The van der Waals surface area contributed by atoms with Gasteiger partial charge in [-0.2, -0.15) is 5.10 Å². The number of hydrogen-bond donors (Lipinski definition) is 1. The molecule has 1 aromatic heterocycles. The summed E-state index contributed by atoms with van der Waals surface area (Å²) in [5.74, 6) is 0. The van der Waals surface area contributed by atoms with E-state index in [1.165, 1.54) is 0 Å². The second kappa shape index (κ2) is 5.35. The van der Waals surface area contributed by atoms with Crippen LogP contribution in [-0.4, -0.2) is 14.9 Å². The number of hydrogen-bond acceptors (Lipinski definition) is 2. The minimum Gasteiger partial charge on any atom is -0.388 e. The van der Waals surface area contributed by atoms with Crippen molar-refractivity contribution in [3.63, 3.8) is 0 Å². The Bertz CT molecular complexity index is 584. The van der Waals surface area contributed by atoms with Gasteiger partial charge in [0, 0.05) is 19.0 Å². The highest BCUT2D eigenvalue weighted by atomic mass is 35.5. The third-order valence-corrected chi connectivity index (χ3v) is 3.77. The quantitative estimate of drug-likeness (QED) is 0.936. The normalized spacial score (nSPS) is 12.7. The van der Waals surface area contributed by atoms with Crippen LogP contribution < -0.4 is 0 Å². The van der Waals surface area contributed by atoms with Crippen molar-refractivity contribution < 1.29 is 5.11 Å². The van der Waals surface area contributed by atoms with E-state index in [9.17, 15) is 5.11 Å². The maximum Gasteiger partial charge on any atom is 0.130 e. The molecule has 19 heavy (non-hydrogen) atoms. The first-order valence-corrected chi connectivity index (χ1v) is 6.70. The summed E-state index contributed by atoms with van der Waals surface area (Å²) >= 11 is 6.20. The molecule has 1 aromatic carbocycles. The average molecular weight is 279 g/mol. The van der Waals surface area contributed by atoms with Gasteiger partial charge in [0.05, 0.1) is 11.8 Å². The molecule has 1 heterocycles. The molecule has 0 aliphatic carbocycles. The van der Waals surface area contributed by atoms with Crippen LogP contribution in [-0.2, 0) is 13.5 Å². The molecule has 4 heteroatoms. The molecular weight excluding hydrogens is 260 g/mol. The Labute approximate surface area is 118 Å². The number of aryl methyl sites for hydroxylation is 4. The number of halogens is 1. The molecule has 0 saturated carbocycles. The third kappa shape index (κ3) is 2.99. The monoisotopic (exact) mass is 278 g/mol. The van der Waals surface area contributed by atoms with E-state index >= 15 is 0 Å². The van der Waals surface area contributed by atoms with Crippen molar-refractivity contribution >= 4 is 11.6 Å². The van der Waals surface area contributed by atoms with Crippen LogP contribution in [0.3, 0.4) is 0 Å². The molecule has 2 rings (SSSR count). The molecule has 3 nitrogen and oxygen atoms in total. The Kier molecular flexibility index (Phi) is 3.97. The van der Waals surface area contributed by atoms with Crippen molar-refractivity contribution in [1.29, 1.82) is 0 Å². The number of aliphatic hydroxyl groups is 1. The molecule has 1 unspecified atom stereocenters. The average Bonchev–Trinajstić information content (AvgIpc) is 2.54. The molecule has 1 N–H and O–H groups in total.